The third-order valence-corrected chi connectivity index (χ3v) is 14.7. The molecule has 0 unspecified atom stereocenters. The van der Waals surface area contributed by atoms with Crippen LogP contribution in [0, 0.1) is 0 Å². The van der Waals surface area contributed by atoms with E-state index in [1.54, 1.807) is 16.7 Å². The van der Waals surface area contributed by atoms with Crippen LogP contribution in [-0.2, 0) is 21.7 Å². The Bertz CT molecular complexity index is 2560. The van der Waals surface area contributed by atoms with E-state index in [-0.39, 0.29) is 23.0 Å². The van der Waals surface area contributed by atoms with Gasteiger partial charge in [-0.3, -0.25) is 0 Å². The minimum atomic E-state index is -0.418. The van der Waals surface area contributed by atoms with Crippen molar-refractivity contribution in [3.63, 3.8) is 0 Å². The van der Waals surface area contributed by atoms with E-state index in [2.05, 4.69) is 162 Å². The van der Waals surface area contributed by atoms with Gasteiger partial charge in [0.1, 0.15) is 0 Å². The summed E-state index contributed by atoms with van der Waals surface area (Å²) < 4.78 is 0. The molecule has 0 saturated heterocycles. The number of nitrogens with zero attached hydrogens (tertiary/aromatic N) is 1. The maximum absolute atomic E-state index is 2.85. The lowest BCUT2D eigenvalue weighted by molar-refractivity contribution is 0.277. The Labute approximate surface area is 315 Å². The van der Waals surface area contributed by atoms with Crippen molar-refractivity contribution >= 4 is 40.2 Å². The molecular weight excluding hydrogens is 637 g/mol. The summed E-state index contributed by atoms with van der Waals surface area (Å²) in [6, 6.07) is 46.1. The van der Waals surface area contributed by atoms with E-state index in [0.717, 1.165) is 0 Å². The highest BCUT2D eigenvalue weighted by Gasteiger charge is 2.61. The van der Waals surface area contributed by atoms with E-state index < -0.39 is 5.41 Å². The van der Waals surface area contributed by atoms with Crippen molar-refractivity contribution in [3.8, 4) is 11.1 Å². The van der Waals surface area contributed by atoms with Crippen molar-refractivity contribution in [1.29, 1.82) is 0 Å². The molecule has 53 heavy (non-hydrogen) atoms. The first-order chi connectivity index (χ1) is 25.5. The number of hydrogen-bond acceptors (Lipinski definition) is 1. The number of rotatable bonds is 1. The van der Waals surface area contributed by atoms with E-state index in [0.29, 0.717) is 5.92 Å². The number of anilines is 3. The zero-order valence-electron chi connectivity index (χ0n) is 31.9. The summed E-state index contributed by atoms with van der Waals surface area (Å²) in [6.45, 7) is 14.6. The highest BCUT2D eigenvalue weighted by atomic mass is 15.2. The Balaban J connectivity index is 1.35. The molecule has 2 bridgehead atoms. The van der Waals surface area contributed by atoms with Crippen LogP contribution in [0.5, 0.6) is 0 Å². The highest BCUT2D eigenvalue weighted by molar-refractivity contribution is 6.98. The van der Waals surface area contributed by atoms with Gasteiger partial charge in [-0.05, 0) is 115 Å². The van der Waals surface area contributed by atoms with Gasteiger partial charge in [-0.15, -0.1) is 0 Å². The second kappa shape index (κ2) is 9.64. The fourth-order valence-electron chi connectivity index (χ4n) is 12.3. The van der Waals surface area contributed by atoms with Gasteiger partial charge in [0.2, 0.25) is 6.71 Å². The lowest BCUT2D eigenvalue weighted by atomic mass is 9.33. The average Bonchev–Trinajstić information content (AvgIpc) is 3.46. The van der Waals surface area contributed by atoms with Gasteiger partial charge in [0.05, 0.1) is 11.1 Å². The molecule has 3 heterocycles. The van der Waals surface area contributed by atoms with Gasteiger partial charge >= 0.3 is 0 Å². The van der Waals surface area contributed by atoms with Gasteiger partial charge in [0.25, 0.3) is 0 Å². The summed E-state index contributed by atoms with van der Waals surface area (Å²) in [5.41, 5.74) is 24.8. The summed E-state index contributed by atoms with van der Waals surface area (Å²) in [4.78, 5) is 2.85. The van der Waals surface area contributed by atoms with Crippen LogP contribution in [0.25, 0.3) is 11.1 Å². The quantitative estimate of drug-likeness (QED) is 0.156. The van der Waals surface area contributed by atoms with Crippen LogP contribution < -0.4 is 21.3 Å². The molecule has 0 N–H and O–H groups in total. The molecule has 0 atom stereocenters. The molecule has 2 heteroatoms. The molecule has 3 aliphatic heterocycles. The predicted octanol–water partition coefficient (Wildman–Crippen LogP) is 10.5. The minimum absolute atomic E-state index is 0.0255. The normalized spacial score (nSPS) is 21.4. The minimum Gasteiger partial charge on any atom is -0.310 e. The Morgan fingerprint density at radius 3 is 1.70 bits per heavy atom. The van der Waals surface area contributed by atoms with E-state index in [9.17, 15) is 0 Å². The maximum atomic E-state index is 2.85. The van der Waals surface area contributed by atoms with E-state index >= 15 is 0 Å². The molecule has 1 nitrogen and oxygen atoms in total. The molecule has 6 aromatic rings. The summed E-state index contributed by atoms with van der Waals surface area (Å²) in [5, 5.41) is 0. The van der Waals surface area contributed by atoms with Crippen molar-refractivity contribution in [3.05, 3.63) is 165 Å². The molecular formula is C51H46BN. The molecule has 1 saturated carbocycles. The topological polar surface area (TPSA) is 3.24 Å². The second-order valence-corrected chi connectivity index (χ2v) is 19.2. The molecule has 13 rings (SSSR count). The lowest BCUT2D eigenvalue weighted by Crippen LogP contribution is -2.61. The van der Waals surface area contributed by atoms with Crippen LogP contribution in [0.4, 0.5) is 17.1 Å². The third-order valence-electron chi connectivity index (χ3n) is 14.7. The van der Waals surface area contributed by atoms with Gasteiger partial charge in [-0.1, -0.05) is 162 Å². The molecule has 1 fully saturated rings. The molecule has 2 spiro atoms. The summed E-state index contributed by atoms with van der Waals surface area (Å²) in [5.74, 6) is 0.647. The van der Waals surface area contributed by atoms with Gasteiger partial charge < -0.3 is 4.90 Å². The lowest BCUT2D eigenvalue weighted by Gasteiger charge is -2.60. The third kappa shape index (κ3) is 3.49. The highest BCUT2D eigenvalue weighted by Crippen LogP contribution is 2.71. The zero-order valence-corrected chi connectivity index (χ0v) is 31.9. The van der Waals surface area contributed by atoms with Crippen molar-refractivity contribution < 1.29 is 0 Å². The van der Waals surface area contributed by atoms with E-state index in [4.69, 9.17) is 0 Å². The molecule has 0 radical (unpaired) electrons. The number of hydrogen-bond donors (Lipinski definition) is 0. The van der Waals surface area contributed by atoms with Crippen LogP contribution in [0.2, 0.25) is 0 Å². The van der Waals surface area contributed by atoms with E-state index in [1.165, 1.54) is 104 Å². The first kappa shape index (κ1) is 30.6. The fourth-order valence-corrected chi connectivity index (χ4v) is 12.3. The molecule has 0 aromatic heterocycles. The molecule has 0 amide bonds. The Kier molecular flexibility index (Phi) is 5.57. The van der Waals surface area contributed by atoms with Crippen LogP contribution in [0.1, 0.15) is 123 Å². The van der Waals surface area contributed by atoms with Gasteiger partial charge in [0, 0.05) is 16.8 Å². The summed E-state index contributed by atoms with van der Waals surface area (Å²) in [7, 11) is 0. The smallest absolute Gasteiger partial charge is 0.246 e. The van der Waals surface area contributed by atoms with Gasteiger partial charge in [-0.25, -0.2) is 0 Å². The second-order valence-electron chi connectivity index (χ2n) is 19.2. The maximum Gasteiger partial charge on any atom is 0.246 e. The average molecular weight is 684 g/mol. The monoisotopic (exact) mass is 683 g/mol. The molecule has 4 aliphatic carbocycles. The van der Waals surface area contributed by atoms with Crippen molar-refractivity contribution in [2.24, 2.45) is 0 Å². The van der Waals surface area contributed by atoms with Crippen LogP contribution in [0.15, 0.2) is 115 Å². The predicted molar refractivity (Wildman–Crippen MR) is 222 cm³/mol. The Morgan fingerprint density at radius 2 is 1.09 bits per heavy atom. The van der Waals surface area contributed by atoms with Crippen molar-refractivity contribution in [1.82, 2.24) is 0 Å². The van der Waals surface area contributed by atoms with Crippen LogP contribution in [0.3, 0.4) is 0 Å². The van der Waals surface area contributed by atoms with Crippen LogP contribution >= 0.6 is 0 Å². The molecule has 6 aromatic carbocycles. The van der Waals surface area contributed by atoms with Crippen molar-refractivity contribution in [2.75, 3.05) is 4.90 Å². The van der Waals surface area contributed by atoms with Crippen molar-refractivity contribution in [2.45, 2.75) is 94.8 Å². The number of benzene rings is 6. The zero-order chi connectivity index (χ0) is 35.8. The molecule has 7 aliphatic rings. The first-order valence-electron chi connectivity index (χ1n) is 20.1. The first-order valence-corrected chi connectivity index (χ1v) is 20.1. The summed E-state index contributed by atoms with van der Waals surface area (Å²) >= 11 is 0. The van der Waals surface area contributed by atoms with E-state index in [1.807, 2.05) is 0 Å². The van der Waals surface area contributed by atoms with Gasteiger partial charge in [0.15, 0.2) is 0 Å². The van der Waals surface area contributed by atoms with Crippen LogP contribution in [-0.4, -0.2) is 6.71 Å². The molecule has 258 valence electrons. The Morgan fingerprint density at radius 1 is 0.547 bits per heavy atom. The Hall–Kier alpha value is -4.82. The fraction of sp³-hybridized carbons (Fsp3) is 0.294. The SMILES string of the molecule is CC(C)(C)c1cc2c3c(c1)C14CCC(CC1)c1ccc5c(c14)N3c1c(cc(C(C)(C)C)cc1C51c3ccccc3-c3ccccc31)B2c1ccccc1. The standard InChI is InChI=1S/C51H46BN/c1-48(2,3)31-26-40-45-42(28-31)52(33-14-8-7-9-15-33)43-29-32(49(4,5)6)27-41-46(43)53(45)47-39(21-20-34-30-22-24-50(40,25-23-30)44(34)47)51(41)37-18-12-10-16-35(37)36-17-11-13-19-38(36)51/h7-21,26-30H,22-25H2,1-6H3. The summed E-state index contributed by atoms with van der Waals surface area (Å²) in [6.07, 6.45) is 5.06. The van der Waals surface area contributed by atoms with Gasteiger partial charge in [-0.2, -0.15) is 0 Å². The largest absolute Gasteiger partial charge is 0.310 e. The number of fused-ring (bicyclic) bond motifs is 9.